The third-order valence-electron chi connectivity index (χ3n) is 4.00. The van der Waals surface area contributed by atoms with Gasteiger partial charge < -0.3 is 9.64 Å². The molecule has 0 aliphatic carbocycles. The monoisotopic (exact) mass is 275 g/mol. The molecular formula is C17H25NO2. The first kappa shape index (κ1) is 15.0. The quantitative estimate of drug-likeness (QED) is 0.829. The molecule has 0 spiro atoms. The maximum Gasteiger partial charge on any atom is 0.253 e. The Balaban J connectivity index is 2.09. The number of benzene rings is 1. The molecule has 0 N–H and O–H groups in total. The summed E-state index contributed by atoms with van der Waals surface area (Å²) < 4.78 is 5.38. The normalized spacial score (nSPS) is 20.0. The van der Waals surface area contributed by atoms with Gasteiger partial charge in [0.2, 0.25) is 0 Å². The summed E-state index contributed by atoms with van der Waals surface area (Å²) in [5, 5.41) is 0. The molecule has 110 valence electrons. The van der Waals surface area contributed by atoms with Crippen LogP contribution in [0.4, 0.5) is 0 Å². The predicted molar refractivity (Wildman–Crippen MR) is 81.1 cm³/mol. The maximum absolute atomic E-state index is 12.5. The van der Waals surface area contributed by atoms with Crippen LogP contribution in [-0.2, 0) is 10.2 Å². The second kappa shape index (κ2) is 5.96. The van der Waals surface area contributed by atoms with E-state index in [1.807, 2.05) is 17.0 Å². The molecule has 1 heterocycles. The molecule has 1 aromatic carbocycles. The Kier molecular flexibility index (Phi) is 4.48. The third-order valence-corrected chi connectivity index (χ3v) is 4.00. The number of rotatable bonds is 2. The van der Waals surface area contributed by atoms with E-state index in [0.29, 0.717) is 6.54 Å². The molecular weight excluding hydrogens is 250 g/mol. The number of hydrogen-bond donors (Lipinski definition) is 0. The molecule has 0 saturated carbocycles. The van der Waals surface area contributed by atoms with Crippen molar-refractivity contribution in [2.75, 3.05) is 20.2 Å². The number of amides is 1. The summed E-state index contributed by atoms with van der Waals surface area (Å²) in [6.07, 6.45) is 2.25. The minimum absolute atomic E-state index is 0.118. The van der Waals surface area contributed by atoms with Gasteiger partial charge in [0.1, 0.15) is 0 Å². The van der Waals surface area contributed by atoms with Gasteiger partial charge in [0.25, 0.3) is 5.91 Å². The highest BCUT2D eigenvalue weighted by molar-refractivity contribution is 5.94. The van der Waals surface area contributed by atoms with E-state index in [9.17, 15) is 4.79 Å². The standard InChI is InChI=1S/C17H25NO2/c1-17(2,3)14-9-7-13(8-10-14)16(19)18-11-5-6-15(12-18)20-4/h7-10,15H,5-6,11-12H2,1-4H3. The molecule has 1 aromatic rings. The van der Waals surface area contributed by atoms with Gasteiger partial charge in [-0.3, -0.25) is 4.79 Å². The van der Waals surface area contributed by atoms with E-state index >= 15 is 0 Å². The van der Waals surface area contributed by atoms with Crippen molar-refractivity contribution >= 4 is 5.91 Å². The molecule has 1 unspecified atom stereocenters. The number of hydrogen-bond acceptors (Lipinski definition) is 2. The van der Waals surface area contributed by atoms with E-state index < -0.39 is 0 Å². The van der Waals surface area contributed by atoms with E-state index in [-0.39, 0.29) is 17.4 Å². The summed E-state index contributed by atoms with van der Waals surface area (Å²) in [5.74, 6) is 0.118. The Labute approximate surface area is 121 Å². The summed E-state index contributed by atoms with van der Waals surface area (Å²) >= 11 is 0. The van der Waals surface area contributed by atoms with Gasteiger partial charge in [-0.15, -0.1) is 0 Å². The minimum atomic E-state index is 0.118. The Morgan fingerprint density at radius 1 is 1.25 bits per heavy atom. The average molecular weight is 275 g/mol. The van der Waals surface area contributed by atoms with Crippen LogP contribution in [0, 0.1) is 0 Å². The summed E-state index contributed by atoms with van der Waals surface area (Å²) in [7, 11) is 1.72. The van der Waals surface area contributed by atoms with Crippen LogP contribution in [0.3, 0.4) is 0 Å². The number of nitrogens with zero attached hydrogens (tertiary/aromatic N) is 1. The fourth-order valence-electron chi connectivity index (χ4n) is 2.61. The molecule has 2 rings (SSSR count). The molecule has 1 aliphatic heterocycles. The van der Waals surface area contributed by atoms with Gasteiger partial charge in [-0.25, -0.2) is 0 Å². The lowest BCUT2D eigenvalue weighted by molar-refractivity contribution is 0.0269. The number of ether oxygens (including phenoxy) is 1. The zero-order valence-electron chi connectivity index (χ0n) is 13.0. The van der Waals surface area contributed by atoms with Crippen LogP contribution in [0.25, 0.3) is 0 Å². The molecule has 3 heteroatoms. The summed E-state index contributed by atoms with van der Waals surface area (Å²) in [6, 6.07) is 8.01. The van der Waals surface area contributed by atoms with Crippen molar-refractivity contribution in [1.82, 2.24) is 4.90 Å². The van der Waals surface area contributed by atoms with Crippen molar-refractivity contribution in [1.29, 1.82) is 0 Å². The summed E-state index contributed by atoms with van der Waals surface area (Å²) in [6.45, 7) is 8.07. The van der Waals surface area contributed by atoms with Gasteiger partial charge in [0.05, 0.1) is 6.10 Å². The molecule has 1 amide bonds. The first-order valence-corrected chi connectivity index (χ1v) is 7.34. The Morgan fingerprint density at radius 2 is 1.90 bits per heavy atom. The van der Waals surface area contributed by atoms with E-state index in [4.69, 9.17) is 4.74 Å². The minimum Gasteiger partial charge on any atom is -0.380 e. The molecule has 20 heavy (non-hydrogen) atoms. The van der Waals surface area contributed by atoms with E-state index in [1.54, 1.807) is 7.11 Å². The predicted octanol–water partition coefficient (Wildman–Crippen LogP) is 3.24. The summed E-state index contributed by atoms with van der Waals surface area (Å²) in [4.78, 5) is 14.4. The lowest BCUT2D eigenvalue weighted by Gasteiger charge is -2.32. The fourth-order valence-corrected chi connectivity index (χ4v) is 2.61. The lowest BCUT2D eigenvalue weighted by Crippen LogP contribution is -2.42. The third kappa shape index (κ3) is 3.40. The van der Waals surface area contributed by atoms with Crippen LogP contribution >= 0.6 is 0 Å². The van der Waals surface area contributed by atoms with Crippen molar-refractivity contribution in [2.45, 2.75) is 45.1 Å². The molecule has 0 radical (unpaired) electrons. The first-order valence-electron chi connectivity index (χ1n) is 7.34. The van der Waals surface area contributed by atoms with Gasteiger partial charge in [0, 0.05) is 25.8 Å². The fraction of sp³-hybridized carbons (Fsp3) is 0.588. The highest BCUT2D eigenvalue weighted by atomic mass is 16.5. The first-order chi connectivity index (χ1) is 9.41. The Hall–Kier alpha value is -1.35. The van der Waals surface area contributed by atoms with E-state index in [0.717, 1.165) is 24.9 Å². The van der Waals surface area contributed by atoms with Gasteiger partial charge in [-0.2, -0.15) is 0 Å². The molecule has 3 nitrogen and oxygen atoms in total. The Morgan fingerprint density at radius 3 is 2.45 bits per heavy atom. The van der Waals surface area contributed by atoms with Crippen molar-refractivity contribution in [3.05, 3.63) is 35.4 Å². The van der Waals surface area contributed by atoms with Gasteiger partial charge in [-0.1, -0.05) is 32.9 Å². The van der Waals surface area contributed by atoms with Crippen LogP contribution in [0.15, 0.2) is 24.3 Å². The highest BCUT2D eigenvalue weighted by Crippen LogP contribution is 2.23. The topological polar surface area (TPSA) is 29.5 Å². The van der Waals surface area contributed by atoms with E-state index in [1.165, 1.54) is 5.56 Å². The number of carbonyl (C=O) groups excluding carboxylic acids is 1. The zero-order chi connectivity index (χ0) is 14.8. The Bertz CT molecular complexity index is 459. The van der Waals surface area contributed by atoms with Crippen molar-refractivity contribution in [2.24, 2.45) is 0 Å². The van der Waals surface area contributed by atoms with Gasteiger partial charge >= 0.3 is 0 Å². The molecule has 0 bridgehead atoms. The van der Waals surface area contributed by atoms with Crippen LogP contribution in [0.2, 0.25) is 0 Å². The molecule has 1 fully saturated rings. The van der Waals surface area contributed by atoms with Gasteiger partial charge in [-0.05, 0) is 36.0 Å². The largest absolute Gasteiger partial charge is 0.380 e. The number of likely N-dealkylation sites (tertiary alicyclic amines) is 1. The van der Waals surface area contributed by atoms with Crippen LogP contribution in [-0.4, -0.2) is 37.1 Å². The average Bonchev–Trinajstić information content (AvgIpc) is 2.46. The van der Waals surface area contributed by atoms with Crippen molar-refractivity contribution < 1.29 is 9.53 Å². The maximum atomic E-state index is 12.5. The van der Waals surface area contributed by atoms with Crippen LogP contribution in [0.1, 0.15) is 49.5 Å². The zero-order valence-corrected chi connectivity index (χ0v) is 13.0. The second-order valence-electron chi connectivity index (χ2n) is 6.58. The molecule has 0 aromatic heterocycles. The number of methoxy groups -OCH3 is 1. The second-order valence-corrected chi connectivity index (χ2v) is 6.58. The molecule has 1 saturated heterocycles. The van der Waals surface area contributed by atoms with Crippen LogP contribution < -0.4 is 0 Å². The van der Waals surface area contributed by atoms with Crippen molar-refractivity contribution in [3.63, 3.8) is 0 Å². The summed E-state index contributed by atoms with van der Waals surface area (Å²) in [5.41, 5.74) is 2.14. The van der Waals surface area contributed by atoms with Crippen molar-refractivity contribution in [3.8, 4) is 0 Å². The SMILES string of the molecule is COC1CCCN(C(=O)c2ccc(C(C)(C)C)cc2)C1. The molecule has 1 atom stereocenters. The number of piperidine rings is 1. The number of carbonyl (C=O) groups is 1. The van der Waals surface area contributed by atoms with Crippen LogP contribution in [0.5, 0.6) is 0 Å². The highest BCUT2D eigenvalue weighted by Gasteiger charge is 2.24. The van der Waals surface area contributed by atoms with E-state index in [2.05, 4.69) is 32.9 Å². The van der Waals surface area contributed by atoms with Gasteiger partial charge in [0.15, 0.2) is 0 Å². The smallest absolute Gasteiger partial charge is 0.253 e. The lowest BCUT2D eigenvalue weighted by atomic mass is 9.86. The molecule has 1 aliphatic rings.